The minimum atomic E-state index is -4.83. The number of carbonyl (C=O) groups is 2. The van der Waals surface area contributed by atoms with Gasteiger partial charge in [0, 0.05) is 45.3 Å². The first-order valence-corrected chi connectivity index (χ1v) is 15.8. The van der Waals surface area contributed by atoms with Gasteiger partial charge in [-0.05, 0) is 24.1 Å². The van der Waals surface area contributed by atoms with Crippen molar-refractivity contribution in [2.24, 2.45) is 0 Å². The fourth-order valence-electron chi connectivity index (χ4n) is 6.10. The molecular formula is C26H35F3N4O9S. The number of aliphatic hydroxyl groups excluding tert-OH is 2. The van der Waals surface area contributed by atoms with Crippen LogP contribution in [-0.2, 0) is 35.6 Å². The first-order valence-electron chi connectivity index (χ1n) is 13.9. The van der Waals surface area contributed by atoms with Crippen molar-refractivity contribution >= 4 is 21.8 Å². The lowest BCUT2D eigenvalue weighted by Crippen LogP contribution is -2.55. The molecule has 4 fully saturated rings. The number of hydrogen-bond acceptors (Lipinski definition) is 10. The summed E-state index contributed by atoms with van der Waals surface area (Å²) in [7, 11) is -3.82. The topological polar surface area (TPSA) is 158 Å². The molecule has 43 heavy (non-hydrogen) atoms. The van der Waals surface area contributed by atoms with Crippen LogP contribution < -0.4 is 10.1 Å². The lowest BCUT2D eigenvalue weighted by Gasteiger charge is -2.38. The number of amides is 2. The van der Waals surface area contributed by atoms with Gasteiger partial charge >= 0.3 is 6.36 Å². The van der Waals surface area contributed by atoms with Crippen molar-refractivity contribution in [3.05, 3.63) is 29.8 Å². The summed E-state index contributed by atoms with van der Waals surface area (Å²) in [5.41, 5.74) is 0.622. The smallest absolute Gasteiger partial charge is 0.406 e. The van der Waals surface area contributed by atoms with Crippen LogP contribution in [0.3, 0.4) is 0 Å². The van der Waals surface area contributed by atoms with Crippen LogP contribution in [0.25, 0.3) is 0 Å². The number of likely N-dealkylation sites (tertiary alicyclic amines) is 1. The van der Waals surface area contributed by atoms with Crippen LogP contribution in [0.5, 0.6) is 5.75 Å². The number of ether oxygens (including phenoxy) is 3. The van der Waals surface area contributed by atoms with E-state index in [0.29, 0.717) is 5.56 Å². The molecule has 4 heterocycles. The Morgan fingerprint density at radius 1 is 1.05 bits per heavy atom. The fraction of sp³-hybridized carbons (Fsp3) is 0.692. The Labute approximate surface area is 246 Å². The van der Waals surface area contributed by atoms with Crippen LogP contribution in [-0.4, -0.2) is 139 Å². The highest BCUT2D eigenvalue weighted by Gasteiger charge is 2.47. The molecule has 7 atom stereocenters. The Hall–Kier alpha value is -2.54. The number of hydrogen-bond donors (Lipinski definition) is 3. The molecule has 4 aliphatic rings. The number of halogens is 3. The Bertz CT molecular complexity index is 1290. The van der Waals surface area contributed by atoms with Crippen LogP contribution in [0.4, 0.5) is 13.2 Å². The molecule has 0 aliphatic carbocycles. The van der Waals surface area contributed by atoms with Crippen LogP contribution in [0, 0.1) is 0 Å². The number of aliphatic hydroxyl groups is 2. The molecule has 240 valence electrons. The number of rotatable bonds is 4. The van der Waals surface area contributed by atoms with Gasteiger partial charge in [0.15, 0.2) is 0 Å². The largest absolute Gasteiger partial charge is 0.573 e. The minimum Gasteiger partial charge on any atom is -0.406 e. The molecule has 13 nitrogen and oxygen atoms in total. The summed E-state index contributed by atoms with van der Waals surface area (Å²) >= 11 is 0. The zero-order chi connectivity index (χ0) is 31.1. The van der Waals surface area contributed by atoms with Gasteiger partial charge in [0.1, 0.15) is 24.1 Å². The number of morpholine rings is 1. The quantitative estimate of drug-likeness (QED) is 0.376. The Balaban J connectivity index is 1.39. The highest BCUT2D eigenvalue weighted by Crippen LogP contribution is 2.29. The van der Waals surface area contributed by atoms with Gasteiger partial charge in [-0.15, -0.1) is 13.2 Å². The zero-order valence-corrected chi connectivity index (χ0v) is 24.2. The molecule has 0 unspecified atom stereocenters. The number of nitrogens with zero attached hydrogens (tertiary/aromatic N) is 3. The van der Waals surface area contributed by atoms with Gasteiger partial charge in [0.25, 0.3) is 0 Å². The molecule has 0 aromatic heterocycles. The van der Waals surface area contributed by atoms with Gasteiger partial charge in [-0.25, -0.2) is 8.42 Å². The standard InChI is InChI=1S/C26H35F3N4O9S/c1-43(38,39)33-13-18-12-31(6-7-40-18)25(37)19-8-16(30-22(34)9-20-23(35)24(36)21(14-33)41-20)11-32(19)10-15-2-4-17(5-3-15)42-26(27,28)29/h2-5,16,18-21,23-24,35-36H,6-14H2,1H3,(H,30,34)/t16-,18-,19-,20-,21+,23-,24+/m0/s1. The van der Waals surface area contributed by atoms with E-state index in [1.165, 1.54) is 24.3 Å². The van der Waals surface area contributed by atoms with Crippen LogP contribution in [0.15, 0.2) is 24.3 Å². The van der Waals surface area contributed by atoms with Crippen molar-refractivity contribution in [1.82, 2.24) is 19.4 Å². The van der Waals surface area contributed by atoms with E-state index < -0.39 is 64.9 Å². The van der Waals surface area contributed by atoms with E-state index in [1.807, 2.05) is 4.90 Å². The van der Waals surface area contributed by atoms with E-state index in [-0.39, 0.29) is 70.4 Å². The monoisotopic (exact) mass is 636 g/mol. The third-order valence-corrected chi connectivity index (χ3v) is 9.39. The van der Waals surface area contributed by atoms with E-state index in [1.54, 1.807) is 4.90 Å². The highest BCUT2D eigenvalue weighted by molar-refractivity contribution is 7.88. The second kappa shape index (κ2) is 12.5. The molecule has 4 saturated heterocycles. The lowest BCUT2D eigenvalue weighted by molar-refractivity contribution is -0.274. The SMILES string of the molecule is CS(=O)(=O)N1C[C@@H]2CN(CCO2)C(=O)[C@@H]2C[C@@H](CN2Cc2ccc(OC(F)(F)F)cc2)NC(=O)C[C@@H]2O[C@H](C1)[C@@H](O)[C@H]2O. The maximum atomic E-state index is 13.8. The molecule has 17 heteroatoms. The molecule has 1 aromatic carbocycles. The third kappa shape index (κ3) is 7.76. The summed E-state index contributed by atoms with van der Waals surface area (Å²) in [5, 5.41) is 24.0. The average Bonchev–Trinajstić information content (AvgIpc) is 3.42. The van der Waals surface area contributed by atoms with E-state index >= 15 is 0 Å². The van der Waals surface area contributed by atoms with Gasteiger partial charge in [-0.3, -0.25) is 14.5 Å². The average molecular weight is 637 g/mol. The molecule has 3 N–H and O–H groups in total. The summed E-state index contributed by atoms with van der Waals surface area (Å²) < 4.78 is 79.6. The van der Waals surface area contributed by atoms with E-state index in [4.69, 9.17) is 9.47 Å². The van der Waals surface area contributed by atoms with Crippen molar-refractivity contribution in [3.63, 3.8) is 0 Å². The van der Waals surface area contributed by atoms with Gasteiger partial charge in [0.05, 0.1) is 37.5 Å². The summed E-state index contributed by atoms with van der Waals surface area (Å²) in [6, 6.07) is 4.16. The van der Waals surface area contributed by atoms with E-state index in [9.17, 15) is 41.4 Å². The Morgan fingerprint density at radius 3 is 2.42 bits per heavy atom. The Kier molecular flexibility index (Phi) is 9.23. The highest BCUT2D eigenvalue weighted by atomic mass is 32.2. The van der Waals surface area contributed by atoms with Crippen LogP contribution in [0.1, 0.15) is 18.4 Å². The normalized spacial score (nSPS) is 33.4. The van der Waals surface area contributed by atoms with E-state index in [2.05, 4.69) is 10.1 Å². The van der Waals surface area contributed by atoms with Crippen molar-refractivity contribution in [2.75, 3.05) is 45.6 Å². The van der Waals surface area contributed by atoms with Gasteiger partial charge in [0.2, 0.25) is 21.8 Å². The molecular weight excluding hydrogens is 601 g/mol. The maximum Gasteiger partial charge on any atom is 0.573 e. The third-order valence-electron chi connectivity index (χ3n) is 8.15. The first kappa shape index (κ1) is 31.9. The molecule has 6 bridgehead atoms. The Morgan fingerprint density at radius 2 is 1.74 bits per heavy atom. The van der Waals surface area contributed by atoms with Crippen molar-refractivity contribution < 1.29 is 55.6 Å². The molecule has 1 aromatic rings. The second-order valence-electron chi connectivity index (χ2n) is 11.4. The number of carbonyl (C=O) groups excluding carboxylic acids is 2. The van der Waals surface area contributed by atoms with Crippen molar-refractivity contribution in [2.45, 2.75) is 68.4 Å². The van der Waals surface area contributed by atoms with E-state index in [0.717, 1.165) is 10.6 Å². The number of sulfonamides is 1. The number of nitrogens with one attached hydrogen (secondary N) is 1. The predicted molar refractivity (Wildman–Crippen MR) is 142 cm³/mol. The second-order valence-corrected chi connectivity index (χ2v) is 13.4. The zero-order valence-electron chi connectivity index (χ0n) is 23.4. The molecule has 0 saturated carbocycles. The minimum absolute atomic E-state index is 0.0923. The molecule has 0 spiro atoms. The van der Waals surface area contributed by atoms with Crippen LogP contribution >= 0.6 is 0 Å². The number of alkyl halides is 3. The van der Waals surface area contributed by atoms with Gasteiger partial charge < -0.3 is 34.6 Å². The lowest BCUT2D eigenvalue weighted by atomic mass is 10.0. The number of benzene rings is 1. The summed E-state index contributed by atoms with van der Waals surface area (Å²) in [6.45, 7) is 0.562. The van der Waals surface area contributed by atoms with Crippen LogP contribution in [0.2, 0.25) is 0 Å². The molecule has 2 amide bonds. The first-order chi connectivity index (χ1) is 20.2. The predicted octanol–water partition coefficient (Wildman–Crippen LogP) is -0.974. The van der Waals surface area contributed by atoms with Gasteiger partial charge in [-0.2, -0.15) is 4.31 Å². The number of fused-ring (bicyclic) bond motifs is 6. The molecule has 4 aliphatic heterocycles. The molecule has 5 rings (SSSR count). The molecule has 0 radical (unpaired) electrons. The van der Waals surface area contributed by atoms with Crippen molar-refractivity contribution in [1.29, 1.82) is 0 Å². The fourth-order valence-corrected chi connectivity index (χ4v) is 6.95. The maximum absolute atomic E-state index is 13.8. The summed E-state index contributed by atoms with van der Waals surface area (Å²) in [6.07, 6.45) is -9.58. The van der Waals surface area contributed by atoms with Gasteiger partial charge in [-0.1, -0.05) is 12.1 Å². The van der Waals surface area contributed by atoms with Crippen molar-refractivity contribution in [3.8, 4) is 5.75 Å². The summed E-state index contributed by atoms with van der Waals surface area (Å²) in [5.74, 6) is -1.10. The summed E-state index contributed by atoms with van der Waals surface area (Å²) in [4.78, 5) is 30.2.